The maximum Gasteiger partial charge on any atom is 0.163 e. The van der Waals surface area contributed by atoms with E-state index >= 15 is 0 Å². The largest absolute Gasteiger partial charge is 0.491 e. The van der Waals surface area contributed by atoms with Crippen LogP contribution < -0.4 is 4.74 Å². The summed E-state index contributed by atoms with van der Waals surface area (Å²) in [5.74, 6) is 1.68. The topological polar surface area (TPSA) is 46.5 Å². The molecule has 0 radical (unpaired) electrons. The molecular weight excluding hydrogens is 264 g/mol. The van der Waals surface area contributed by atoms with Gasteiger partial charge in [0.2, 0.25) is 0 Å². The molecule has 3 rings (SSSR count). The van der Waals surface area contributed by atoms with E-state index in [9.17, 15) is 9.90 Å². The van der Waals surface area contributed by atoms with E-state index in [0.29, 0.717) is 18.9 Å². The van der Waals surface area contributed by atoms with E-state index in [0.717, 1.165) is 36.1 Å². The Labute approximate surface area is 126 Å². The molecule has 1 aromatic carbocycles. The van der Waals surface area contributed by atoms with Crippen LogP contribution in [0.15, 0.2) is 18.2 Å². The van der Waals surface area contributed by atoms with Crippen molar-refractivity contribution in [1.82, 2.24) is 0 Å². The van der Waals surface area contributed by atoms with Crippen LogP contribution in [0.5, 0.6) is 5.75 Å². The number of carbonyl (C=O) groups is 1. The number of aryl methyl sites for hydroxylation is 1. The molecule has 1 atom stereocenters. The number of aliphatic hydroxyl groups is 1. The maximum absolute atomic E-state index is 11.8. The number of hydrogen-bond donors (Lipinski definition) is 1. The number of rotatable bonds is 5. The van der Waals surface area contributed by atoms with Crippen molar-refractivity contribution in [2.45, 2.75) is 57.5 Å². The van der Waals surface area contributed by atoms with Crippen molar-refractivity contribution in [1.29, 1.82) is 0 Å². The van der Waals surface area contributed by atoms with Crippen LogP contribution in [0.2, 0.25) is 0 Å². The quantitative estimate of drug-likeness (QED) is 0.901. The third kappa shape index (κ3) is 3.65. The van der Waals surface area contributed by atoms with E-state index in [1.807, 2.05) is 18.2 Å². The van der Waals surface area contributed by atoms with Gasteiger partial charge in [0, 0.05) is 12.0 Å². The summed E-state index contributed by atoms with van der Waals surface area (Å²) in [6.45, 7) is 0.350. The summed E-state index contributed by atoms with van der Waals surface area (Å²) in [6.07, 6.45) is 8.11. The summed E-state index contributed by atoms with van der Waals surface area (Å²) in [7, 11) is 0. The third-order valence-electron chi connectivity index (χ3n) is 4.75. The van der Waals surface area contributed by atoms with Crippen molar-refractivity contribution >= 4 is 5.78 Å². The number of carbonyl (C=O) groups excluding carboxylic acids is 1. The highest BCUT2D eigenvalue weighted by Crippen LogP contribution is 2.29. The Morgan fingerprint density at radius 1 is 1.19 bits per heavy atom. The second-order valence-corrected chi connectivity index (χ2v) is 6.45. The third-order valence-corrected chi connectivity index (χ3v) is 4.75. The number of ketones is 1. The van der Waals surface area contributed by atoms with Crippen molar-refractivity contribution < 1.29 is 14.6 Å². The predicted molar refractivity (Wildman–Crippen MR) is 81.8 cm³/mol. The first kappa shape index (κ1) is 14.6. The molecule has 3 nitrogen and oxygen atoms in total. The molecule has 0 amide bonds. The summed E-state index contributed by atoms with van der Waals surface area (Å²) in [4.78, 5) is 11.8. The second-order valence-electron chi connectivity index (χ2n) is 6.45. The van der Waals surface area contributed by atoms with Crippen LogP contribution in [0.1, 0.15) is 60.9 Å². The van der Waals surface area contributed by atoms with Gasteiger partial charge in [-0.15, -0.1) is 0 Å². The zero-order valence-corrected chi connectivity index (χ0v) is 12.5. The van der Waals surface area contributed by atoms with Crippen LogP contribution in [-0.2, 0) is 6.42 Å². The normalized spacial score (nSPS) is 20.3. The lowest BCUT2D eigenvalue weighted by atomic mass is 9.90. The van der Waals surface area contributed by atoms with Crippen molar-refractivity contribution in [2.24, 2.45) is 5.92 Å². The van der Waals surface area contributed by atoms with E-state index in [1.54, 1.807) is 0 Å². The number of ether oxygens (including phenoxy) is 1. The molecule has 1 unspecified atom stereocenters. The Balaban J connectivity index is 1.54. The number of fused-ring (bicyclic) bond motifs is 1. The van der Waals surface area contributed by atoms with Gasteiger partial charge in [0.1, 0.15) is 12.4 Å². The molecule has 2 aliphatic carbocycles. The number of aliphatic hydroxyl groups excluding tert-OH is 1. The lowest BCUT2D eigenvalue weighted by molar-refractivity contribution is 0.0853. The molecular formula is C18H24O3. The van der Waals surface area contributed by atoms with Crippen LogP contribution >= 0.6 is 0 Å². The van der Waals surface area contributed by atoms with Crippen molar-refractivity contribution in [3.8, 4) is 5.75 Å². The highest BCUT2D eigenvalue weighted by atomic mass is 16.5. The van der Waals surface area contributed by atoms with E-state index in [4.69, 9.17) is 4.74 Å². The van der Waals surface area contributed by atoms with Gasteiger partial charge in [-0.1, -0.05) is 25.7 Å². The summed E-state index contributed by atoms with van der Waals surface area (Å²) >= 11 is 0. The van der Waals surface area contributed by atoms with Crippen LogP contribution in [-0.4, -0.2) is 23.6 Å². The minimum Gasteiger partial charge on any atom is -0.491 e. The molecule has 0 spiro atoms. The molecule has 0 aromatic heterocycles. The van der Waals surface area contributed by atoms with Crippen LogP contribution in [0.4, 0.5) is 0 Å². The highest BCUT2D eigenvalue weighted by Gasteiger charge is 2.20. The zero-order valence-electron chi connectivity index (χ0n) is 12.5. The van der Waals surface area contributed by atoms with Gasteiger partial charge in [-0.05, 0) is 48.9 Å². The van der Waals surface area contributed by atoms with Gasteiger partial charge in [0.05, 0.1) is 6.10 Å². The molecule has 1 N–H and O–H groups in total. The van der Waals surface area contributed by atoms with Crippen molar-refractivity contribution in [2.75, 3.05) is 6.61 Å². The molecule has 0 aliphatic heterocycles. The van der Waals surface area contributed by atoms with E-state index in [1.165, 1.54) is 25.7 Å². The van der Waals surface area contributed by atoms with Gasteiger partial charge in [0.15, 0.2) is 5.78 Å². The Hall–Kier alpha value is -1.35. The van der Waals surface area contributed by atoms with Gasteiger partial charge in [-0.2, -0.15) is 0 Å². The SMILES string of the molecule is O=C1CCCc2cc(OCC(O)CC3CCCC3)ccc21. The predicted octanol–water partition coefficient (Wildman–Crippen LogP) is 3.53. The minimum absolute atomic E-state index is 0.240. The molecule has 1 aromatic rings. The first-order chi connectivity index (χ1) is 10.2. The standard InChI is InChI=1S/C18H24O3/c19-15(10-13-4-1-2-5-13)12-21-16-8-9-17-14(11-16)6-3-7-18(17)20/h8-9,11,13,15,19H,1-7,10,12H2. The van der Waals surface area contributed by atoms with Gasteiger partial charge < -0.3 is 9.84 Å². The van der Waals surface area contributed by atoms with Crippen LogP contribution in [0.3, 0.4) is 0 Å². The van der Waals surface area contributed by atoms with Gasteiger partial charge >= 0.3 is 0 Å². The molecule has 1 fully saturated rings. The Morgan fingerprint density at radius 3 is 2.81 bits per heavy atom. The fourth-order valence-corrected chi connectivity index (χ4v) is 3.60. The minimum atomic E-state index is -0.384. The summed E-state index contributed by atoms with van der Waals surface area (Å²) in [6, 6.07) is 5.69. The van der Waals surface area contributed by atoms with Gasteiger partial charge in [0.25, 0.3) is 0 Å². The molecule has 114 valence electrons. The molecule has 0 bridgehead atoms. The fourth-order valence-electron chi connectivity index (χ4n) is 3.60. The number of hydrogen-bond acceptors (Lipinski definition) is 3. The molecule has 3 heteroatoms. The first-order valence-electron chi connectivity index (χ1n) is 8.19. The molecule has 2 aliphatic rings. The number of benzene rings is 1. The van der Waals surface area contributed by atoms with E-state index in [-0.39, 0.29) is 11.9 Å². The van der Waals surface area contributed by atoms with Crippen molar-refractivity contribution in [3.63, 3.8) is 0 Å². The van der Waals surface area contributed by atoms with Gasteiger partial charge in [-0.3, -0.25) is 4.79 Å². The average molecular weight is 288 g/mol. The average Bonchev–Trinajstić information content (AvgIpc) is 2.98. The maximum atomic E-state index is 11.8. The zero-order chi connectivity index (χ0) is 14.7. The Morgan fingerprint density at radius 2 is 2.00 bits per heavy atom. The molecule has 21 heavy (non-hydrogen) atoms. The summed E-state index contributed by atoms with van der Waals surface area (Å²) in [5.41, 5.74) is 1.94. The monoisotopic (exact) mass is 288 g/mol. The van der Waals surface area contributed by atoms with E-state index in [2.05, 4.69) is 0 Å². The first-order valence-corrected chi connectivity index (χ1v) is 8.19. The lowest BCUT2D eigenvalue weighted by Crippen LogP contribution is -2.20. The summed E-state index contributed by atoms with van der Waals surface area (Å²) in [5, 5.41) is 10.1. The van der Waals surface area contributed by atoms with Crippen LogP contribution in [0, 0.1) is 5.92 Å². The Kier molecular flexibility index (Phi) is 4.59. The number of Topliss-reactive ketones (excluding diaryl/α,β-unsaturated/α-hetero) is 1. The van der Waals surface area contributed by atoms with Gasteiger partial charge in [-0.25, -0.2) is 0 Å². The highest BCUT2D eigenvalue weighted by molar-refractivity contribution is 5.98. The summed E-state index contributed by atoms with van der Waals surface area (Å²) < 4.78 is 5.72. The van der Waals surface area contributed by atoms with E-state index < -0.39 is 0 Å². The second kappa shape index (κ2) is 6.61. The van der Waals surface area contributed by atoms with Crippen LogP contribution in [0.25, 0.3) is 0 Å². The lowest BCUT2D eigenvalue weighted by Gasteiger charge is -2.18. The van der Waals surface area contributed by atoms with Crippen molar-refractivity contribution in [3.05, 3.63) is 29.3 Å². The smallest absolute Gasteiger partial charge is 0.163 e. The molecule has 1 saturated carbocycles. The molecule has 0 saturated heterocycles. The molecule has 0 heterocycles. The Bertz CT molecular complexity index is 503. The fraction of sp³-hybridized carbons (Fsp3) is 0.611.